The molecule has 0 spiro atoms. The Morgan fingerprint density at radius 3 is 2.50 bits per heavy atom. The van der Waals surface area contributed by atoms with E-state index in [0.29, 0.717) is 11.3 Å². The van der Waals surface area contributed by atoms with Crippen LogP contribution in [0.15, 0.2) is 35.6 Å². The van der Waals surface area contributed by atoms with E-state index in [1.54, 1.807) is 24.3 Å². The van der Waals surface area contributed by atoms with Crippen LogP contribution in [0.3, 0.4) is 0 Å². The van der Waals surface area contributed by atoms with Gasteiger partial charge in [-0.2, -0.15) is 0 Å². The zero-order valence-electron chi connectivity index (χ0n) is 7.31. The molecule has 5 heteroatoms. The van der Waals surface area contributed by atoms with Crippen LogP contribution in [0.2, 0.25) is 0 Å². The predicted octanol–water partition coefficient (Wildman–Crippen LogP) is 0.861. The molecule has 1 rings (SSSR count). The van der Waals surface area contributed by atoms with Crippen molar-refractivity contribution in [2.24, 2.45) is 10.9 Å². The molecule has 72 valence electrons. The molecule has 1 aromatic carbocycles. The number of nitroso groups, excluding NO2 is 1. The fourth-order valence-corrected chi connectivity index (χ4v) is 1.07. The first-order chi connectivity index (χ1) is 6.70. The Kier molecular flexibility index (Phi) is 2.96. The molecule has 1 amide bonds. The van der Waals surface area contributed by atoms with Crippen LogP contribution in [0, 0.1) is 4.91 Å². The highest BCUT2D eigenvalue weighted by Crippen LogP contribution is 2.21. The molecule has 4 N–H and O–H groups in total. The lowest BCUT2D eigenvalue weighted by Gasteiger charge is -2.04. The number of para-hydroxylation sites is 1. The number of nitrogens with zero attached hydrogens (tertiary/aromatic N) is 1. The molecule has 0 aliphatic heterocycles. The lowest BCUT2D eigenvalue weighted by Crippen LogP contribution is -2.03. The Balaban J connectivity index is 3.21. The molecule has 0 fully saturated rings. The lowest BCUT2D eigenvalue weighted by molar-refractivity contribution is -0.112. The van der Waals surface area contributed by atoms with E-state index in [-0.39, 0.29) is 5.57 Å². The van der Waals surface area contributed by atoms with E-state index >= 15 is 0 Å². The summed E-state index contributed by atoms with van der Waals surface area (Å²) < 4.78 is 0. The molecule has 0 saturated heterocycles. The quantitative estimate of drug-likeness (QED) is 0.411. The van der Waals surface area contributed by atoms with E-state index in [2.05, 4.69) is 5.18 Å². The van der Waals surface area contributed by atoms with Crippen LogP contribution in [-0.2, 0) is 4.79 Å². The SMILES string of the molecule is N/C=C(/C(=O)N=O)c1ccccc1N. The lowest BCUT2D eigenvalue weighted by atomic mass is 10.0. The Morgan fingerprint density at radius 2 is 2.00 bits per heavy atom. The summed E-state index contributed by atoms with van der Waals surface area (Å²) in [4.78, 5) is 21.1. The second-order valence-corrected chi connectivity index (χ2v) is 2.56. The van der Waals surface area contributed by atoms with Gasteiger partial charge in [-0.1, -0.05) is 18.2 Å². The van der Waals surface area contributed by atoms with Crippen LogP contribution in [0.25, 0.3) is 5.57 Å². The van der Waals surface area contributed by atoms with Crippen LogP contribution in [0.5, 0.6) is 0 Å². The van der Waals surface area contributed by atoms with Crippen LogP contribution in [-0.4, -0.2) is 5.91 Å². The monoisotopic (exact) mass is 191 g/mol. The number of carbonyl (C=O) groups is 1. The van der Waals surface area contributed by atoms with Crippen molar-refractivity contribution in [2.45, 2.75) is 0 Å². The van der Waals surface area contributed by atoms with Crippen molar-refractivity contribution in [1.82, 2.24) is 0 Å². The number of anilines is 1. The highest BCUT2D eigenvalue weighted by Gasteiger charge is 2.13. The molecule has 0 saturated carbocycles. The van der Waals surface area contributed by atoms with Gasteiger partial charge in [0.05, 0.1) is 5.57 Å². The molecule has 0 aromatic heterocycles. The van der Waals surface area contributed by atoms with Gasteiger partial charge < -0.3 is 11.5 Å². The normalized spacial score (nSPS) is 11.0. The van der Waals surface area contributed by atoms with Gasteiger partial charge in [0.25, 0.3) is 0 Å². The second-order valence-electron chi connectivity index (χ2n) is 2.56. The van der Waals surface area contributed by atoms with Crippen molar-refractivity contribution in [1.29, 1.82) is 0 Å². The van der Waals surface area contributed by atoms with Gasteiger partial charge in [-0.25, -0.2) is 0 Å². The molecule has 0 unspecified atom stereocenters. The van der Waals surface area contributed by atoms with E-state index in [1.807, 2.05) is 0 Å². The fourth-order valence-electron chi connectivity index (χ4n) is 1.07. The summed E-state index contributed by atoms with van der Waals surface area (Å²) in [6, 6.07) is 6.60. The predicted molar refractivity (Wildman–Crippen MR) is 53.8 cm³/mol. The van der Waals surface area contributed by atoms with E-state index < -0.39 is 5.91 Å². The summed E-state index contributed by atoms with van der Waals surface area (Å²) in [6.07, 6.45) is 1.02. The molecule has 5 nitrogen and oxygen atoms in total. The maximum atomic E-state index is 11.0. The highest BCUT2D eigenvalue weighted by atomic mass is 16.3. The first-order valence-electron chi connectivity index (χ1n) is 3.85. The minimum atomic E-state index is -0.926. The Bertz CT molecular complexity index is 399. The Hall–Kier alpha value is -2.17. The summed E-state index contributed by atoms with van der Waals surface area (Å²) in [5.41, 5.74) is 11.6. The fraction of sp³-hybridized carbons (Fsp3) is 0. The van der Waals surface area contributed by atoms with E-state index in [0.717, 1.165) is 6.20 Å². The zero-order valence-corrected chi connectivity index (χ0v) is 7.31. The molecule has 0 atom stereocenters. The third-order valence-electron chi connectivity index (χ3n) is 1.73. The Labute approximate surface area is 80.4 Å². The zero-order chi connectivity index (χ0) is 10.6. The van der Waals surface area contributed by atoms with Crippen molar-refractivity contribution >= 4 is 17.2 Å². The smallest absolute Gasteiger partial charge is 0.318 e. The summed E-state index contributed by atoms with van der Waals surface area (Å²) in [7, 11) is 0. The molecule has 14 heavy (non-hydrogen) atoms. The van der Waals surface area contributed by atoms with E-state index in [9.17, 15) is 9.70 Å². The van der Waals surface area contributed by atoms with Crippen molar-refractivity contribution in [3.05, 3.63) is 40.9 Å². The van der Waals surface area contributed by atoms with Gasteiger partial charge in [0.15, 0.2) is 0 Å². The minimum absolute atomic E-state index is 0.0121. The summed E-state index contributed by atoms with van der Waals surface area (Å²) >= 11 is 0. The van der Waals surface area contributed by atoms with Crippen LogP contribution in [0.4, 0.5) is 5.69 Å². The van der Waals surface area contributed by atoms with Gasteiger partial charge in [-0.15, -0.1) is 4.91 Å². The molecule has 0 bridgehead atoms. The van der Waals surface area contributed by atoms with Crippen molar-refractivity contribution in [3.8, 4) is 0 Å². The molecule has 0 aliphatic rings. The van der Waals surface area contributed by atoms with Crippen molar-refractivity contribution in [2.75, 3.05) is 5.73 Å². The number of hydrogen-bond acceptors (Lipinski definition) is 4. The van der Waals surface area contributed by atoms with Gasteiger partial charge in [0.2, 0.25) is 0 Å². The summed E-state index contributed by atoms with van der Waals surface area (Å²) in [6.45, 7) is 0. The average Bonchev–Trinajstić information content (AvgIpc) is 2.21. The van der Waals surface area contributed by atoms with Gasteiger partial charge in [-0.05, 0) is 6.07 Å². The topological polar surface area (TPSA) is 98.5 Å². The van der Waals surface area contributed by atoms with E-state index in [1.165, 1.54) is 0 Å². The molecule has 0 aliphatic carbocycles. The number of nitrogen functional groups attached to an aromatic ring is 1. The maximum Gasteiger partial charge on any atom is 0.318 e. The van der Waals surface area contributed by atoms with Gasteiger partial charge >= 0.3 is 5.91 Å². The first-order valence-corrected chi connectivity index (χ1v) is 3.85. The standard InChI is InChI=1S/C9H9N3O2/c10-5-7(9(13)12-14)6-3-1-2-4-8(6)11/h1-5H,10-11H2/b7-5+. The largest absolute Gasteiger partial charge is 0.404 e. The maximum absolute atomic E-state index is 11.0. The van der Waals surface area contributed by atoms with Crippen LogP contribution in [0.1, 0.15) is 5.56 Å². The number of nitrogens with two attached hydrogens (primary N) is 2. The van der Waals surface area contributed by atoms with E-state index in [4.69, 9.17) is 11.5 Å². The average molecular weight is 191 g/mol. The molecule has 0 heterocycles. The highest BCUT2D eigenvalue weighted by molar-refractivity contribution is 6.21. The molecule has 1 aromatic rings. The number of hydrogen-bond donors (Lipinski definition) is 2. The second kappa shape index (κ2) is 4.18. The molecular formula is C9H9N3O2. The number of amides is 1. The Morgan fingerprint density at radius 1 is 1.36 bits per heavy atom. The minimum Gasteiger partial charge on any atom is -0.404 e. The van der Waals surface area contributed by atoms with Gasteiger partial charge in [0.1, 0.15) is 0 Å². The van der Waals surface area contributed by atoms with Crippen LogP contribution < -0.4 is 11.5 Å². The number of benzene rings is 1. The molecule has 0 radical (unpaired) electrons. The van der Waals surface area contributed by atoms with Gasteiger partial charge in [-0.3, -0.25) is 4.79 Å². The molecular weight excluding hydrogens is 182 g/mol. The van der Waals surface area contributed by atoms with Crippen molar-refractivity contribution in [3.63, 3.8) is 0 Å². The summed E-state index contributed by atoms with van der Waals surface area (Å²) in [5, 5.41) is 2.28. The third-order valence-corrected chi connectivity index (χ3v) is 1.73. The number of rotatable bonds is 2. The van der Waals surface area contributed by atoms with Gasteiger partial charge in [0, 0.05) is 22.6 Å². The summed E-state index contributed by atoms with van der Waals surface area (Å²) in [5.74, 6) is -0.926. The first kappa shape index (κ1) is 9.91. The third kappa shape index (κ3) is 1.77. The number of carbonyl (C=O) groups excluding carboxylic acids is 1. The van der Waals surface area contributed by atoms with Crippen molar-refractivity contribution < 1.29 is 4.79 Å². The van der Waals surface area contributed by atoms with Crippen LogP contribution >= 0.6 is 0 Å².